The van der Waals surface area contributed by atoms with Crippen LogP contribution in [-0.2, 0) is 6.54 Å². The van der Waals surface area contributed by atoms with E-state index in [1.165, 1.54) is 0 Å². The van der Waals surface area contributed by atoms with Gasteiger partial charge in [-0.2, -0.15) is 0 Å². The van der Waals surface area contributed by atoms with Gasteiger partial charge in [0, 0.05) is 38.9 Å². The van der Waals surface area contributed by atoms with Crippen molar-refractivity contribution in [1.29, 1.82) is 0 Å². The first-order valence-corrected chi connectivity index (χ1v) is 8.41. The Morgan fingerprint density at radius 3 is 2.50 bits per heavy atom. The molecule has 1 aliphatic rings. The molecule has 0 amide bonds. The first kappa shape index (κ1) is 15.1. The highest BCUT2D eigenvalue weighted by atomic mass is 35.5. The quantitative estimate of drug-likeness (QED) is 0.726. The van der Waals surface area contributed by atoms with Crippen LogP contribution in [0.1, 0.15) is 6.92 Å². The highest BCUT2D eigenvalue weighted by molar-refractivity contribution is 6.30. The topological polar surface area (TPSA) is 63.0 Å². The van der Waals surface area contributed by atoms with Gasteiger partial charge in [0.15, 0.2) is 17.0 Å². The Labute approximate surface area is 144 Å². The number of hydrogen-bond acceptors (Lipinski definition) is 6. The minimum atomic E-state index is 0.660. The number of fused-ring (bicyclic) bond motifs is 1. The van der Waals surface area contributed by atoms with Crippen LogP contribution in [0.15, 0.2) is 31.0 Å². The van der Waals surface area contributed by atoms with Crippen LogP contribution in [0, 0.1) is 0 Å². The number of rotatable bonds is 3. The third-order valence-corrected chi connectivity index (χ3v) is 4.56. The maximum atomic E-state index is 5.91. The van der Waals surface area contributed by atoms with E-state index in [-0.39, 0.29) is 0 Å². The Morgan fingerprint density at radius 1 is 1.00 bits per heavy atom. The monoisotopic (exact) mass is 343 g/mol. The van der Waals surface area contributed by atoms with E-state index in [2.05, 4.69) is 36.7 Å². The van der Waals surface area contributed by atoms with Gasteiger partial charge in [0.25, 0.3) is 0 Å². The third-order valence-electron chi connectivity index (χ3n) is 4.34. The summed E-state index contributed by atoms with van der Waals surface area (Å²) in [7, 11) is 0. The smallest absolute Gasteiger partial charge is 0.165 e. The van der Waals surface area contributed by atoms with E-state index in [1.807, 2.05) is 23.0 Å². The maximum Gasteiger partial charge on any atom is 0.165 e. The summed E-state index contributed by atoms with van der Waals surface area (Å²) in [5.74, 6) is 1.87. The molecule has 1 aliphatic heterocycles. The van der Waals surface area contributed by atoms with E-state index in [1.54, 1.807) is 12.5 Å². The highest BCUT2D eigenvalue weighted by Crippen LogP contribution is 2.24. The SMILES string of the molecule is CCn1cnc2c(N3CCN(c4ccc(Cl)cn4)CC3)ncnc21. The molecule has 4 heterocycles. The normalized spacial score (nSPS) is 15.2. The predicted octanol–water partition coefficient (Wildman–Crippen LogP) is 2.22. The molecule has 0 spiro atoms. The summed E-state index contributed by atoms with van der Waals surface area (Å²) in [5.41, 5.74) is 1.77. The van der Waals surface area contributed by atoms with E-state index >= 15 is 0 Å². The largest absolute Gasteiger partial charge is 0.353 e. The lowest BCUT2D eigenvalue weighted by Gasteiger charge is -2.36. The van der Waals surface area contributed by atoms with Crippen LogP contribution >= 0.6 is 11.6 Å². The standard InChI is InChI=1S/C16H18ClN7/c1-2-22-11-21-14-15(22)19-10-20-16(14)24-7-5-23(6-8-24)13-4-3-12(17)9-18-13/h3-4,9-11H,2,5-8H2,1H3. The van der Waals surface area contributed by atoms with E-state index in [4.69, 9.17) is 11.6 Å². The summed E-state index contributed by atoms with van der Waals surface area (Å²) in [6.07, 6.45) is 5.14. The number of imidazole rings is 1. The van der Waals surface area contributed by atoms with Crippen molar-refractivity contribution in [3.8, 4) is 0 Å². The van der Waals surface area contributed by atoms with Gasteiger partial charge in [0.2, 0.25) is 0 Å². The van der Waals surface area contributed by atoms with E-state index in [0.717, 1.165) is 55.5 Å². The van der Waals surface area contributed by atoms with Gasteiger partial charge in [-0.05, 0) is 19.1 Å². The van der Waals surface area contributed by atoms with Crippen LogP contribution < -0.4 is 9.80 Å². The summed E-state index contributed by atoms with van der Waals surface area (Å²) >= 11 is 5.91. The van der Waals surface area contributed by atoms with E-state index in [0.29, 0.717) is 5.02 Å². The van der Waals surface area contributed by atoms with Crippen molar-refractivity contribution >= 4 is 34.4 Å². The number of pyridine rings is 1. The number of hydrogen-bond donors (Lipinski definition) is 0. The molecule has 0 atom stereocenters. The van der Waals surface area contributed by atoms with Gasteiger partial charge in [0.05, 0.1) is 11.3 Å². The molecule has 0 saturated carbocycles. The molecule has 7 nitrogen and oxygen atoms in total. The molecule has 3 aromatic rings. The van der Waals surface area contributed by atoms with Gasteiger partial charge in [-0.25, -0.2) is 19.9 Å². The van der Waals surface area contributed by atoms with Gasteiger partial charge >= 0.3 is 0 Å². The van der Waals surface area contributed by atoms with E-state index < -0.39 is 0 Å². The van der Waals surface area contributed by atoms with E-state index in [9.17, 15) is 0 Å². The summed E-state index contributed by atoms with van der Waals surface area (Å²) in [5, 5.41) is 0.660. The number of halogens is 1. The summed E-state index contributed by atoms with van der Waals surface area (Å²) in [6, 6.07) is 3.84. The summed E-state index contributed by atoms with van der Waals surface area (Å²) in [4.78, 5) is 22.3. The molecular formula is C16H18ClN7. The molecular weight excluding hydrogens is 326 g/mol. The van der Waals surface area contributed by atoms with Crippen LogP contribution in [0.4, 0.5) is 11.6 Å². The van der Waals surface area contributed by atoms with Gasteiger partial charge in [-0.3, -0.25) is 0 Å². The van der Waals surface area contributed by atoms with Gasteiger partial charge in [-0.15, -0.1) is 0 Å². The average molecular weight is 344 g/mol. The van der Waals surface area contributed by atoms with Crippen LogP contribution in [0.3, 0.4) is 0 Å². The molecule has 1 saturated heterocycles. The number of nitrogens with zero attached hydrogens (tertiary/aromatic N) is 7. The van der Waals surface area contributed by atoms with Crippen molar-refractivity contribution in [3.63, 3.8) is 0 Å². The number of anilines is 2. The second-order valence-corrected chi connectivity index (χ2v) is 6.15. The molecule has 24 heavy (non-hydrogen) atoms. The Kier molecular flexibility index (Phi) is 3.93. The number of aromatic nitrogens is 5. The van der Waals surface area contributed by atoms with Gasteiger partial charge < -0.3 is 14.4 Å². The Morgan fingerprint density at radius 2 is 1.79 bits per heavy atom. The Bertz CT molecular complexity index is 837. The van der Waals surface area contributed by atoms with Crippen LogP contribution in [0.2, 0.25) is 5.02 Å². The first-order chi connectivity index (χ1) is 11.8. The van der Waals surface area contributed by atoms with Crippen LogP contribution in [0.25, 0.3) is 11.2 Å². The fourth-order valence-corrected chi connectivity index (χ4v) is 3.15. The summed E-state index contributed by atoms with van der Waals surface area (Å²) < 4.78 is 2.04. The van der Waals surface area contributed by atoms with Crippen molar-refractivity contribution in [2.75, 3.05) is 36.0 Å². The van der Waals surface area contributed by atoms with Gasteiger partial charge in [0.1, 0.15) is 12.1 Å². The zero-order valence-electron chi connectivity index (χ0n) is 13.4. The minimum Gasteiger partial charge on any atom is -0.353 e. The second kappa shape index (κ2) is 6.24. The third kappa shape index (κ3) is 2.65. The Hall–Kier alpha value is -2.41. The van der Waals surface area contributed by atoms with Gasteiger partial charge in [-0.1, -0.05) is 11.6 Å². The summed E-state index contributed by atoms with van der Waals surface area (Å²) in [6.45, 7) is 6.44. The molecule has 0 aliphatic carbocycles. The molecule has 0 aromatic carbocycles. The minimum absolute atomic E-state index is 0.660. The lowest BCUT2D eigenvalue weighted by Crippen LogP contribution is -2.47. The second-order valence-electron chi connectivity index (χ2n) is 5.71. The molecule has 8 heteroatoms. The molecule has 0 N–H and O–H groups in total. The van der Waals surface area contributed by atoms with Crippen LogP contribution in [0.5, 0.6) is 0 Å². The zero-order valence-corrected chi connectivity index (χ0v) is 14.2. The molecule has 3 aromatic heterocycles. The fraction of sp³-hybridized carbons (Fsp3) is 0.375. The predicted molar refractivity (Wildman–Crippen MR) is 94.7 cm³/mol. The lowest BCUT2D eigenvalue weighted by atomic mass is 10.3. The van der Waals surface area contributed by atoms with Crippen molar-refractivity contribution in [2.45, 2.75) is 13.5 Å². The molecule has 1 fully saturated rings. The molecule has 124 valence electrons. The zero-order chi connectivity index (χ0) is 16.5. The van der Waals surface area contributed by atoms with Crippen molar-refractivity contribution in [1.82, 2.24) is 24.5 Å². The first-order valence-electron chi connectivity index (χ1n) is 8.03. The maximum absolute atomic E-state index is 5.91. The average Bonchev–Trinajstić information content (AvgIpc) is 3.06. The van der Waals surface area contributed by atoms with Crippen molar-refractivity contribution in [3.05, 3.63) is 36.0 Å². The molecule has 4 rings (SSSR count). The molecule has 0 radical (unpaired) electrons. The lowest BCUT2D eigenvalue weighted by molar-refractivity contribution is 0.642. The highest BCUT2D eigenvalue weighted by Gasteiger charge is 2.22. The van der Waals surface area contributed by atoms with Crippen LogP contribution in [-0.4, -0.2) is 50.7 Å². The van der Waals surface area contributed by atoms with Crippen molar-refractivity contribution < 1.29 is 0 Å². The Balaban J connectivity index is 1.54. The number of aryl methyl sites for hydroxylation is 1. The fourth-order valence-electron chi connectivity index (χ4n) is 3.03. The van der Waals surface area contributed by atoms with Crippen molar-refractivity contribution in [2.24, 2.45) is 0 Å². The molecule has 0 bridgehead atoms. The number of piperazine rings is 1. The molecule has 0 unspecified atom stereocenters.